The highest BCUT2D eigenvalue weighted by molar-refractivity contribution is 5.69. The van der Waals surface area contributed by atoms with Gasteiger partial charge in [-0.25, -0.2) is 4.58 Å². The standard InChI is InChI=1S/C14H22N.C2H6/c1-7-9-12(8-2)14(5)10-13(3,4)15(6)11-14;1-2/h7-9,11H,1-2,10H2,3-6H3;1-2H3/q+1;/b12-9+;. The first-order valence-corrected chi connectivity index (χ1v) is 6.40. The third-order valence-electron chi connectivity index (χ3n) is 3.41. The molecular weight excluding hydrogens is 206 g/mol. The van der Waals surface area contributed by atoms with Gasteiger partial charge in [0.05, 0.1) is 5.41 Å². The highest BCUT2D eigenvalue weighted by Crippen LogP contribution is 2.40. The smallest absolute Gasteiger partial charge is 0.157 e. The van der Waals surface area contributed by atoms with Crippen molar-refractivity contribution in [3.63, 3.8) is 0 Å². The Morgan fingerprint density at radius 2 is 1.76 bits per heavy atom. The maximum atomic E-state index is 3.89. The van der Waals surface area contributed by atoms with E-state index in [0.717, 1.165) is 6.42 Å². The molecular formula is C16H28N+. The summed E-state index contributed by atoms with van der Waals surface area (Å²) in [7, 11) is 2.14. The molecule has 0 amide bonds. The van der Waals surface area contributed by atoms with Gasteiger partial charge in [-0.05, 0) is 26.3 Å². The zero-order valence-corrected chi connectivity index (χ0v) is 12.4. The van der Waals surface area contributed by atoms with E-state index in [9.17, 15) is 0 Å². The molecule has 0 aromatic heterocycles. The number of hydrogen-bond donors (Lipinski definition) is 0. The van der Waals surface area contributed by atoms with Crippen LogP contribution in [-0.2, 0) is 0 Å². The Kier molecular flexibility index (Phi) is 5.60. The number of allylic oxidation sites excluding steroid dienone is 4. The minimum atomic E-state index is 0.0915. The van der Waals surface area contributed by atoms with Crippen LogP contribution in [0.4, 0.5) is 0 Å². The summed E-state index contributed by atoms with van der Waals surface area (Å²) in [5.74, 6) is 0. The van der Waals surface area contributed by atoms with Gasteiger partial charge in [0.1, 0.15) is 13.3 Å². The van der Waals surface area contributed by atoms with Gasteiger partial charge in [0.25, 0.3) is 0 Å². The number of hydrogen-bond acceptors (Lipinski definition) is 0. The second-order valence-electron chi connectivity index (χ2n) is 5.21. The van der Waals surface area contributed by atoms with Crippen molar-refractivity contribution in [2.24, 2.45) is 5.41 Å². The number of nitrogens with zero attached hydrogens (tertiary/aromatic N) is 1. The van der Waals surface area contributed by atoms with E-state index in [2.05, 4.69) is 57.8 Å². The summed E-state index contributed by atoms with van der Waals surface area (Å²) in [6, 6.07) is 0. The Balaban J connectivity index is 0.00000121. The van der Waals surface area contributed by atoms with E-state index in [1.165, 1.54) is 5.57 Å². The summed E-state index contributed by atoms with van der Waals surface area (Å²) in [5, 5.41) is 0. The van der Waals surface area contributed by atoms with E-state index in [1.807, 2.05) is 26.0 Å². The molecule has 0 bridgehead atoms. The van der Waals surface area contributed by atoms with Gasteiger partial charge < -0.3 is 0 Å². The van der Waals surface area contributed by atoms with Crippen LogP contribution in [0.25, 0.3) is 0 Å². The topological polar surface area (TPSA) is 3.01 Å². The van der Waals surface area contributed by atoms with Crippen LogP contribution < -0.4 is 0 Å². The predicted octanol–water partition coefficient (Wildman–Crippen LogP) is 4.21. The van der Waals surface area contributed by atoms with Crippen molar-refractivity contribution in [3.8, 4) is 0 Å². The monoisotopic (exact) mass is 234 g/mol. The first kappa shape index (κ1) is 15.9. The molecule has 0 aromatic rings. The molecule has 0 radical (unpaired) electrons. The molecule has 1 aliphatic heterocycles. The molecule has 1 unspecified atom stereocenters. The van der Waals surface area contributed by atoms with Gasteiger partial charge in [0.15, 0.2) is 5.54 Å². The van der Waals surface area contributed by atoms with Crippen LogP contribution in [0, 0.1) is 5.41 Å². The van der Waals surface area contributed by atoms with Crippen molar-refractivity contribution >= 4 is 6.21 Å². The second-order valence-corrected chi connectivity index (χ2v) is 5.21. The molecule has 1 aliphatic rings. The molecule has 0 spiro atoms. The molecule has 0 aromatic carbocycles. The van der Waals surface area contributed by atoms with Gasteiger partial charge in [0.2, 0.25) is 0 Å². The first-order valence-electron chi connectivity index (χ1n) is 6.40. The Hall–Kier alpha value is -1.11. The fraction of sp³-hybridized carbons (Fsp3) is 0.562. The van der Waals surface area contributed by atoms with Crippen LogP contribution in [0.1, 0.15) is 41.0 Å². The molecule has 1 nitrogen and oxygen atoms in total. The first-order chi connectivity index (χ1) is 7.85. The Bertz CT molecular complexity index is 345. The van der Waals surface area contributed by atoms with Gasteiger partial charge >= 0.3 is 0 Å². The van der Waals surface area contributed by atoms with Gasteiger partial charge in [-0.3, -0.25) is 0 Å². The molecule has 0 aliphatic carbocycles. The van der Waals surface area contributed by atoms with E-state index in [4.69, 9.17) is 0 Å². The Labute approximate surface area is 107 Å². The van der Waals surface area contributed by atoms with Crippen LogP contribution in [0.15, 0.2) is 37.0 Å². The molecule has 0 N–H and O–H groups in total. The third kappa shape index (κ3) is 3.42. The van der Waals surface area contributed by atoms with Crippen molar-refractivity contribution in [2.45, 2.75) is 46.6 Å². The van der Waals surface area contributed by atoms with Crippen molar-refractivity contribution in [2.75, 3.05) is 7.05 Å². The lowest BCUT2D eigenvalue weighted by Gasteiger charge is -2.22. The van der Waals surface area contributed by atoms with Gasteiger partial charge in [-0.15, -0.1) is 0 Å². The van der Waals surface area contributed by atoms with Crippen LogP contribution in [0.5, 0.6) is 0 Å². The average molecular weight is 234 g/mol. The Morgan fingerprint density at radius 3 is 2.06 bits per heavy atom. The molecule has 1 heterocycles. The van der Waals surface area contributed by atoms with Crippen molar-refractivity contribution in [1.29, 1.82) is 0 Å². The molecule has 1 heteroatoms. The van der Waals surface area contributed by atoms with Crippen LogP contribution in [0.2, 0.25) is 0 Å². The summed E-state index contributed by atoms with van der Waals surface area (Å²) >= 11 is 0. The van der Waals surface area contributed by atoms with Crippen LogP contribution in [-0.4, -0.2) is 23.4 Å². The van der Waals surface area contributed by atoms with E-state index in [0.29, 0.717) is 0 Å². The average Bonchev–Trinajstić information content (AvgIpc) is 2.48. The van der Waals surface area contributed by atoms with Crippen LogP contribution >= 0.6 is 0 Å². The highest BCUT2D eigenvalue weighted by atomic mass is 15.1. The van der Waals surface area contributed by atoms with Gasteiger partial charge in [0, 0.05) is 6.42 Å². The van der Waals surface area contributed by atoms with Gasteiger partial charge in [-0.1, -0.05) is 45.2 Å². The van der Waals surface area contributed by atoms with E-state index in [-0.39, 0.29) is 11.0 Å². The molecule has 0 saturated carbocycles. The molecule has 0 saturated heterocycles. The molecule has 96 valence electrons. The molecule has 1 atom stereocenters. The minimum Gasteiger partial charge on any atom is -0.237 e. The third-order valence-corrected chi connectivity index (χ3v) is 3.41. The van der Waals surface area contributed by atoms with Crippen molar-refractivity contribution < 1.29 is 4.58 Å². The lowest BCUT2D eigenvalue weighted by Crippen LogP contribution is -2.30. The lowest BCUT2D eigenvalue weighted by molar-refractivity contribution is -0.562. The van der Waals surface area contributed by atoms with E-state index in [1.54, 1.807) is 0 Å². The molecule has 17 heavy (non-hydrogen) atoms. The van der Waals surface area contributed by atoms with E-state index < -0.39 is 0 Å². The predicted molar refractivity (Wildman–Crippen MR) is 78.9 cm³/mol. The lowest BCUT2D eigenvalue weighted by atomic mass is 9.77. The fourth-order valence-electron chi connectivity index (χ4n) is 2.47. The summed E-state index contributed by atoms with van der Waals surface area (Å²) in [4.78, 5) is 0. The zero-order chi connectivity index (χ0) is 13.7. The molecule has 0 fully saturated rings. The van der Waals surface area contributed by atoms with Gasteiger partial charge in [-0.2, -0.15) is 0 Å². The number of rotatable bonds is 3. The maximum absolute atomic E-state index is 3.89. The Morgan fingerprint density at radius 1 is 1.24 bits per heavy atom. The molecule has 1 rings (SSSR count). The maximum Gasteiger partial charge on any atom is 0.157 e. The van der Waals surface area contributed by atoms with E-state index >= 15 is 0 Å². The summed E-state index contributed by atoms with van der Waals surface area (Å²) < 4.78 is 2.30. The fourth-order valence-corrected chi connectivity index (χ4v) is 2.47. The highest BCUT2D eigenvalue weighted by Gasteiger charge is 2.46. The normalized spacial score (nSPS) is 26.7. The zero-order valence-electron chi connectivity index (χ0n) is 12.4. The SMILES string of the molecule is C=C/C=C(\C=C)C1(C)C=[N+](C)C(C)(C)C1.CC. The quantitative estimate of drug-likeness (QED) is 0.508. The summed E-state index contributed by atoms with van der Waals surface area (Å²) in [6.07, 6.45) is 9.24. The largest absolute Gasteiger partial charge is 0.237 e. The van der Waals surface area contributed by atoms with Crippen molar-refractivity contribution in [3.05, 3.63) is 37.0 Å². The summed E-state index contributed by atoms with van der Waals surface area (Å²) in [6.45, 7) is 18.4. The second kappa shape index (κ2) is 6.00. The van der Waals surface area contributed by atoms with Crippen molar-refractivity contribution in [1.82, 2.24) is 0 Å². The summed E-state index contributed by atoms with van der Waals surface area (Å²) in [5.41, 5.74) is 1.56. The van der Waals surface area contributed by atoms with Crippen LogP contribution in [0.3, 0.4) is 0 Å². The minimum absolute atomic E-state index is 0.0915.